The molecule has 7 nitrogen and oxygen atoms in total. The summed E-state index contributed by atoms with van der Waals surface area (Å²) in [4.78, 5) is 13.4. The number of amides is 1. The molecule has 11 heteroatoms. The molecule has 0 aromatic heterocycles. The summed E-state index contributed by atoms with van der Waals surface area (Å²) in [6.07, 6.45) is -3.46. The van der Waals surface area contributed by atoms with Gasteiger partial charge < -0.3 is 10.6 Å². The average Bonchev–Trinajstić information content (AvgIpc) is 2.54. The van der Waals surface area contributed by atoms with Gasteiger partial charge in [-0.3, -0.25) is 14.4 Å². The molecule has 0 saturated carbocycles. The van der Waals surface area contributed by atoms with Gasteiger partial charge in [0.1, 0.15) is 6.04 Å². The number of hydrogen-bond donors (Lipinski definition) is 3. The highest BCUT2D eigenvalue weighted by atomic mass is 32.2. The van der Waals surface area contributed by atoms with Gasteiger partial charge in [0, 0.05) is 44.0 Å². The van der Waals surface area contributed by atoms with Crippen molar-refractivity contribution in [1.82, 2.24) is 15.5 Å². The normalized spacial score (nSPS) is 17.5. The maximum Gasteiger partial charge on any atom is 0.405 e. The fraction of sp³-hybridized carbons (Fsp3) is 0.533. The lowest BCUT2D eigenvalue weighted by molar-refractivity contribution is -0.183. The fourth-order valence-corrected chi connectivity index (χ4v) is 3.21. The molecule has 0 bridgehead atoms. The van der Waals surface area contributed by atoms with Gasteiger partial charge in [-0.2, -0.15) is 13.2 Å². The van der Waals surface area contributed by atoms with Crippen LogP contribution >= 0.6 is 0 Å². The van der Waals surface area contributed by atoms with E-state index in [9.17, 15) is 26.4 Å². The molecule has 0 radical (unpaired) electrons. The third-order valence-corrected chi connectivity index (χ3v) is 4.48. The third kappa shape index (κ3) is 6.15. The fourth-order valence-electron chi connectivity index (χ4n) is 2.64. The number of halogens is 3. The molecule has 1 aliphatic rings. The zero-order valence-corrected chi connectivity index (χ0v) is 15.0. The van der Waals surface area contributed by atoms with Gasteiger partial charge >= 0.3 is 6.18 Å². The summed E-state index contributed by atoms with van der Waals surface area (Å²) in [6.45, 7) is 0.897. The van der Waals surface area contributed by atoms with Gasteiger partial charge in [0.2, 0.25) is 10.0 Å². The standard InChI is InChI=1S/C15H21F3N4O3S/c1-26(24,25)21-12-4-2-11(3-5-12)14(23)20-10-13(15(16,17)18)22-8-6-19-7-9-22/h2-5,13,19,21H,6-10H2,1H3,(H,20,23). The molecule has 1 atom stereocenters. The van der Waals surface area contributed by atoms with Crippen LogP contribution in [0.25, 0.3) is 0 Å². The van der Waals surface area contributed by atoms with Crippen LogP contribution in [-0.4, -0.2) is 70.4 Å². The zero-order chi connectivity index (χ0) is 19.4. The van der Waals surface area contributed by atoms with Crippen LogP contribution in [0.15, 0.2) is 24.3 Å². The van der Waals surface area contributed by atoms with E-state index in [1.807, 2.05) is 0 Å². The summed E-state index contributed by atoms with van der Waals surface area (Å²) < 4.78 is 64.4. The van der Waals surface area contributed by atoms with E-state index in [0.717, 1.165) is 6.26 Å². The summed E-state index contributed by atoms with van der Waals surface area (Å²) in [5, 5.41) is 5.30. The van der Waals surface area contributed by atoms with E-state index in [1.165, 1.54) is 29.2 Å². The van der Waals surface area contributed by atoms with E-state index in [-0.39, 0.29) is 24.3 Å². The van der Waals surface area contributed by atoms with Crippen molar-refractivity contribution in [2.75, 3.05) is 43.7 Å². The summed E-state index contributed by atoms with van der Waals surface area (Å²) in [5.74, 6) is -0.653. The Morgan fingerprint density at radius 1 is 1.23 bits per heavy atom. The maximum absolute atomic E-state index is 13.3. The lowest BCUT2D eigenvalue weighted by Gasteiger charge is -2.35. The summed E-state index contributed by atoms with van der Waals surface area (Å²) in [5.41, 5.74) is 0.406. The molecular weight excluding hydrogens is 373 g/mol. The van der Waals surface area contributed by atoms with Crippen LogP contribution in [0.1, 0.15) is 10.4 Å². The molecule has 1 aromatic carbocycles. The number of carbonyl (C=O) groups is 1. The Hall–Kier alpha value is -1.85. The predicted octanol–water partition coefficient (Wildman–Crippen LogP) is 0.624. The van der Waals surface area contributed by atoms with E-state index in [1.54, 1.807) is 0 Å². The van der Waals surface area contributed by atoms with Crippen molar-refractivity contribution >= 4 is 21.6 Å². The number of rotatable bonds is 6. The monoisotopic (exact) mass is 394 g/mol. The molecule has 1 fully saturated rings. The summed E-state index contributed by atoms with van der Waals surface area (Å²) >= 11 is 0. The number of hydrogen-bond acceptors (Lipinski definition) is 5. The van der Waals surface area contributed by atoms with Crippen LogP contribution in [0.4, 0.5) is 18.9 Å². The van der Waals surface area contributed by atoms with Crippen LogP contribution in [0.5, 0.6) is 0 Å². The highest BCUT2D eigenvalue weighted by Gasteiger charge is 2.43. The Morgan fingerprint density at radius 2 is 1.81 bits per heavy atom. The van der Waals surface area contributed by atoms with Crippen molar-refractivity contribution in [3.8, 4) is 0 Å². The first-order valence-corrected chi connectivity index (χ1v) is 9.83. The predicted molar refractivity (Wildman–Crippen MR) is 91.5 cm³/mol. The van der Waals surface area contributed by atoms with E-state index >= 15 is 0 Å². The number of carbonyl (C=O) groups excluding carboxylic acids is 1. The van der Waals surface area contributed by atoms with Crippen molar-refractivity contribution < 1.29 is 26.4 Å². The Labute approximate surface area is 150 Å². The largest absolute Gasteiger partial charge is 0.405 e. The SMILES string of the molecule is CS(=O)(=O)Nc1ccc(C(=O)NCC(N2CCNCC2)C(F)(F)F)cc1. The van der Waals surface area contributed by atoms with Gasteiger partial charge in [0.05, 0.1) is 6.26 Å². The first-order chi connectivity index (χ1) is 12.1. The molecule has 1 aliphatic heterocycles. The van der Waals surface area contributed by atoms with Gasteiger partial charge in [-0.1, -0.05) is 0 Å². The number of piperazine rings is 1. The lowest BCUT2D eigenvalue weighted by Crippen LogP contribution is -2.57. The van der Waals surface area contributed by atoms with Gasteiger partial charge in [-0.05, 0) is 24.3 Å². The maximum atomic E-state index is 13.3. The Bertz CT molecular complexity index is 717. The quantitative estimate of drug-likeness (QED) is 0.658. The van der Waals surface area contributed by atoms with E-state index in [4.69, 9.17) is 0 Å². The number of sulfonamides is 1. The highest BCUT2D eigenvalue weighted by molar-refractivity contribution is 7.92. The number of nitrogens with zero attached hydrogens (tertiary/aromatic N) is 1. The van der Waals surface area contributed by atoms with Crippen LogP contribution in [-0.2, 0) is 10.0 Å². The van der Waals surface area contributed by atoms with Gasteiger partial charge in [0.25, 0.3) is 5.91 Å². The smallest absolute Gasteiger partial charge is 0.350 e. The molecule has 1 aromatic rings. The molecule has 3 N–H and O–H groups in total. The molecule has 146 valence electrons. The second kappa shape index (κ2) is 8.23. The number of alkyl halides is 3. The van der Waals surface area contributed by atoms with Crippen LogP contribution in [0.2, 0.25) is 0 Å². The second-order valence-corrected chi connectivity index (χ2v) is 7.75. The van der Waals surface area contributed by atoms with Crippen LogP contribution < -0.4 is 15.4 Å². The molecule has 26 heavy (non-hydrogen) atoms. The third-order valence-electron chi connectivity index (χ3n) is 3.88. The van der Waals surface area contributed by atoms with Crippen LogP contribution in [0.3, 0.4) is 0 Å². The van der Waals surface area contributed by atoms with Gasteiger partial charge in [-0.15, -0.1) is 0 Å². The summed E-state index contributed by atoms with van der Waals surface area (Å²) in [7, 11) is -3.45. The number of nitrogens with one attached hydrogen (secondary N) is 3. The minimum absolute atomic E-state index is 0.144. The Kier molecular flexibility index (Phi) is 6.48. The molecular formula is C15H21F3N4O3S. The van der Waals surface area contributed by atoms with Crippen LogP contribution in [0, 0.1) is 0 Å². The first kappa shape index (κ1) is 20.5. The van der Waals surface area contributed by atoms with Gasteiger partial charge in [0.15, 0.2) is 0 Å². The molecule has 1 heterocycles. The average molecular weight is 394 g/mol. The minimum Gasteiger partial charge on any atom is -0.350 e. The Balaban J connectivity index is 1.99. The van der Waals surface area contributed by atoms with Crippen molar-refractivity contribution in [1.29, 1.82) is 0 Å². The van der Waals surface area contributed by atoms with E-state index < -0.39 is 34.7 Å². The molecule has 1 unspecified atom stereocenters. The number of anilines is 1. The molecule has 2 rings (SSSR count). The van der Waals surface area contributed by atoms with Crippen molar-refractivity contribution in [2.24, 2.45) is 0 Å². The second-order valence-electron chi connectivity index (χ2n) is 6.00. The molecule has 0 spiro atoms. The Morgan fingerprint density at radius 3 is 2.31 bits per heavy atom. The lowest BCUT2D eigenvalue weighted by atomic mass is 10.1. The molecule has 1 saturated heterocycles. The summed E-state index contributed by atoms with van der Waals surface area (Å²) in [6, 6.07) is 3.67. The van der Waals surface area contributed by atoms with Crippen molar-refractivity contribution in [3.63, 3.8) is 0 Å². The topological polar surface area (TPSA) is 90.5 Å². The molecule has 0 aliphatic carbocycles. The van der Waals surface area contributed by atoms with Gasteiger partial charge in [-0.25, -0.2) is 8.42 Å². The zero-order valence-electron chi connectivity index (χ0n) is 14.1. The number of benzene rings is 1. The van der Waals surface area contributed by atoms with E-state index in [2.05, 4.69) is 15.4 Å². The van der Waals surface area contributed by atoms with Crippen molar-refractivity contribution in [3.05, 3.63) is 29.8 Å². The highest BCUT2D eigenvalue weighted by Crippen LogP contribution is 2.25. The first-order valence-electron chi connectivity index (χ1n) is 7.94. The van der Waals surface area contributed by atoms with Crippen molar-refractivity contribution in [2.45, 2.75) is 12.2 Å². The minimum atomic E-state index is -4.45. The molecule has 1 amide bonds. The van der Waals surface area contributed by atoms with E-state index in [0.29, 0.717) is 13.1 Å².